The quantitative estimate of drug-likeness (QED) is 0.664. The van der Waals surface area contributed by atoms with E-state index in [1.54, 1.807) is 0 Å². The van der Waals surface area contributed by atoms with Crippen LogP contribution in [0, 0.1) is 5.92 Å². The third-order valence-electron chi connectivity index (χ3n) is 3.27. The molecule has 16 heavy (non-hydrogen) atoms. The van der Waals surface area contributed by atoms with Gasteiger partial charge in [0.25, 0.3) is 0 Å². The van der Waals surface area contributed by atoms with Gasteiger partial charge in [-0.15, -0.1) is 0 Å². The molecule has 0 saturated heterocycles. The van der Waals surface area contributed by atoms with Gasteiger partial charge in [-0.25, -0.2) is 0 Å². The molecule has 0 aromatic rings. The molecule has 4 nitrogen and oxygen atoms in total. The van der Waals surface area contributed by atoms with Gasteiger partial charge in [-0.3, -0.25) is 9.69 Å². The molecule has 1 fully saturated rings. The molecule has 1 aliphatic rings. The minimum absolute atomic E-state index is 0.0396. The molecule has 0 atom stereocenters. The number of nitrogens with zero attached hydrogens (tertiary/aromatic N) is 1. The molecule has 1 aliphatic carbocycles. The average Bonchev–Trinajstić information content (AvgIpc) is 2.31. The van der Waals surface area contributed by atoms with Gasteiger partial charge in [0.1, 0.15) is 5.78 Å². The third-order valence-corrected chi connectivity index (χ3v) is 3.27. The van der Waals surface area contributed by atoms with E-state index in [0.29, 0.717) is 19.6 Å². The molecule has 0 bridgehead atoms. The fourth-order valence-electron chi connectivity index (χ4n) is 2.33. The first-order valence-corrected chi connectivity index (χ1v) is 6.24. The van der Waals surface area contributed by atoms with Gasteiger partial charge in [0.15, 0.2) is 0 Å². The Morgan fingerprint density at radius 3 is 2.12 bits per heavy atom. The summed E-state index contributed by atoms with van der Waals surface area (Å²) in [6, 6.07) is 0. The van der Waals surface area contributed by atoms with E-state index in [9.17, 15) is 4.79 Å². The predicted octanol–water partition coefficient (Wildman–Crippen LogP) is 0.422. The van der Waals surface area contributed by atoms with Crippen LogP contribution >= 0.6 is 0 Å². The first kappa shape index (κ1) is 13.6. The molecule has 0 amide bonds. The van der Waals surface area contributed by atoms with Crippen LogP contribution in [0.2, 0.25) is 0 Å². The first-order chi connectivity index (χ1) is 7.77. The monoisotopic (exact) mass is 229 g/mol. The Kier molecular flexibility index (Phi) is 6.61. The summed E-state index contributed by atoms with van der Waals surface area (Å²) >= 11 is 0. The number of carbonyl (C=O) groups is 1. The molecule has 0 aromatic heterocycles. The molecule has 0 unspecified atom stereocenters. The molecule has 0 aliphatic heterocycles. The average molecular weight is 229 g/mol. The number of aliphatic hydroxyl groups excluding tert-OH is 2. The second kappa shape index (κ2) is 7.76. The zero-order valence-electron chi connectivity index (χ0n) is 9.90. The highest BCUT2D eigenvalue weighted by Gasteiger charge is 2.22. The second-order valence-corrected chi connectivity index (χ2v) is 4.52. The van der Waals surface area contributed by atoms with Gasteiger partial charge < -0.3 is 10.2 Å². The Hall–Kier alpha value is -0.450. The Morgan fingerprint density at radius 2 is 1.62 bits per heavy atom. The van der Waals surface area contributed by atoms with Gasteiger partial charge in [0.05, 0.1) is 19.8 Å². The van der Waals surface area contributed by atoms with Crippen molar-refractivity contribution in [1.29, 1.82) is 0 Å². The lowest BCUT2D eigenvalue weighted by atomic mass is 9.86. The molecule has 1 rings (SSSR count). The van der Waals surface area contributed by atoms with Crippen molar-refractivity contribution in [2.75, 3.05) is 32.8 Å². The Morgan fingerprint density at radius 1 is 1.06 bits per heavy atom. The second-order valence-electron chi connectivity index (χ2n) is 4.52. The van der Waals surface area contributed by atoms with Gasteiger partial charge in [-0.05, 0) is 12.8 Å². The number of ketones is 1. The SMILES string of the molecule is O=C(CN(CCO)CCO)C1CCCCC1. The summed E-state index contributed by atoms with van der Waals surface area (Å²) in [7, 11) is 0. The smallest absolute Gasteiger partial charge is 0.149 e. The largest absolute Gasteiger partial charge is 0.395 e. The molecule has 0 spiro atoms. The fraction of sp³-hybridized carbons (Fsp3) is 0.917. The lowest BCUT2D eigenvalue weighted by Gasteiger charge is -2.25. The van der Waals surface area contributed by atoms with Crippen LogP contribution in [-0.2, 0) is 4.79 Å². The zero-order valence-corrected chi connectivity index (χ0v) is 9.90. The molecule has 4 heteroatoms. The summed E-state index contributed by atoms with van der Waals surface area (Å²) < 4.78 is 0. The van der Waals surface area contributed by atoms with Gasteiger partial charge >= 0.3 is 0 Å². The molecule has 1 saturated carbocycles. The van der Waals surface area contributed by atoms with Crippen molar-refractivity contribution < 1.29 is 15.0 Å². The van der Waals surface area contributed by atoms with Crippen molar-refractivity contribution in [2.24, 2.45) is 5.92 Å². The van der Waals surface area contributed by atoms with E-state index < -0.39 is 0 Å². The lowest BCUT2D eigenvalue weighted by Crippen LogP contribution is -2.37. The van der Waals surface area contributed by atoms with E-state index in [1.807, 2.05) is 4.90 Å². The summed E-state index contributed by atoms with van der Waals surface area (Å²) in [6.07, 6.45) is 5.61. The minimum Gasteiger partial charge on any atom is -0.395 e. The van der Waals surface area contributed by atoms with Crippen molar-refractivity contribution in [2.45, 2.75) is 32.1 Å². The predicted molar refractivity (Wildman–Crippen MR) is 62.2 cm³/mol. The van der Waals surface area contributed by atoms with Gasteiger partial charge in [0.2, 0.25) is 0 Å². The van der Waals surface area contributed by atoms with E-state index in [0.717, 1.165) is 25.7 Å². The highest BCUT2D eigenvalue weighted by molar-refractivity contribution is 5.83. The zero-order chi connectivity index (χ0) is 11.8. The summed E-state index contributed by atoms with van der Waals surface area (Å²) in [5, 5.41) is 17.7. The summed E-state index contributed by atoms with van der Waals surface area (Å²) in [6.45, 7) is 1.40. The van der Waals surface area contributed by atoms with E-state index in [4.69, 9.17) is 10.2 Å². The fourth-order valence-corrected chi connectivity index (χ4v) is 2.33. The highest BCUT2D eigenvalue weighted by atomic mass is 16.3. The Labute approximate surface area is 97.3 Å². The van der Waals surface area contributed by atoms with Gasteiger partial charge in [-0.1, -0.05) is 19.3 Å². The third kappa shape index (κ3) is 4.60. The number of aliphatic hydroxyl groups is 2. The normalized spacial score (nSPS) is 17.9. The number of hydrogen-bond acceptors (Lipinski definition) is 4. The number of Topliss-reactive ketones (excluding diaryl/α,β-unsaturated/α-hetero) is 1. The van der Waals surface area contributed by atoms with E-state index in [1.165, 1.54) is 6.42 Å². The minimum atomic E-state index is 0.0396. The van der Waals surface area contributed by atoms with E-state index >= 15 is 0 Å². The van der Waals surface area contributed by atoms with Crippen LogP contribution in [0.1, 0.15) is 32.1 Å². The molecule has 0 radical (unpaired) electrons. The molecular weight excluding hydrogens is 206 g/mol. The standard InChI is InChI=1S/C12H23NO3/c14-8-6-13(7-9-15)10-12(16)11-4-2-1-3-5-11/h11,14-15H,1-10H2. The lowest BCUT2D eigenvalue weighted by molar-refractivity contribution is -0.125. The van der Waals surface area contributed by atoms with Crippen LogP contribution in [0.3, 0.4) is 0 Å². The molecular formula is C12H23NO3. The number of hydrogen-bond donors (Lipinski definition) is 2. The van der Waals surface area contributed by atoms with Crippen molar-refractivity contribution in [1.82, 2.24) is 4.90 Å². The van der Waals surface area contributed by atoms with Crippen LogP contribution in [0.4, 0.5) is 0 Å². The molecule has 94 valence electrons. The topological polar surface area (TPSA) is 60.8 Å². The molecule has 0 heterocycles. The van der Waals surface area contributed by atoms with Gasteiger partial charge in [-0.2, -0.15) is 0 Å². The van der Waals surface area contributed by atoms with Crippen molar-refractivity contribution in [3.8, 4) is 0 Å². The van der Waals surface area contributed by atoms with Crippen LogP contribution in [0.25, 0.3) is 0 Å². The van der Waals surface area contributed by atoms with Crippen molar-refractivity contribution in [3.05, 3.63) is 0 Å². The number of carbonyl (C=O) groups excluding carboxylic acids is 1. The molecule has 0 aromatic carbocycles. The first-order valence-electron chi connectivity index (χ1n) is 6.24. The number of rotatable bonds is 7. The Bertz CT molecular complexity index is 196. The Balaban J connectivity index is 2.33. The van der Waals surface area contributed by atoms with Gasteiger partial charge in [0, 0.05) is 19.0 Å². The maximum absolute atomic E-state index is 12.0. The summed E-state index contributed by atoms with van der Waals surface area (Å²) in [4.78, 5) is 13.8. The van der Waals surface area contributed by atoms with Crippen LogP contribution in [-0.4, -0.2) is 53.7 Å². The highest BCUT2D eigenvalue weighted by Crippen LogP contribution is 2.24. The van der Waals surface area contributed by atoms with E-state index in [2.05, 4.69) is 0 Å². The van der Waals surface area contributed by atoms with Crippen LogP contribution in [0.5, 0.6) is 0 Å². The summed E-state index contributed by atoms with van der Waals surface area (Å²) in [5.74, 6) is 0.496. The van der Waals surface area contributed by atoms with Crippen molar-refractivity contribution in [3.63, 3.8) is 0 Å². The van der Waals surface area contributed by atoms with Crippen molar-refractivity contribution >= 4 is 5.78 Å². The molecule has 2 N–H and O–H groups in total. The van der Waals surface area contributed by atoms with Crippen LogP contribution in [0.15, 0.2) is 0 Å². The maximum Gasteiger partial charge on any atom is 0.149 e. The summed E-state index contributed by atoms with van der Waals surface area (Å²) in [5.41, 5.74) is 0. The van der Waals surface area contributed by atoms with E-state index in [-0.39, 0.29) is 24.9 Å². The van der Waals surface area contributed by atoms with Crippen LogP contribution < -0.4 is 0 Å². The maximum atomic E-state index is 12.0.